The van der Waals surface area contributed by atoms with Gasteiger partial charge in [-0.2, -0.15) is 0 Å². The molecule has 1 aliphatic rings. The van der Waals surface area contributed by atoms with Crippen molar-refractivity contribution in [2.24, 2.45) is 0 Å². The second kappa shape index (κ2) is 8.48. The maximum Gasteiger partial charge on any atom is 0.317 e. The third kappa shape index (κ3) is 4.48. The molecule has 1 atom stereocenters. The van der Waals surface area contributed by atoms with E-state index in [1.165, 1.54) is 0 Å². The molecule has 25 heavy (non-hydrogen) atoms. The van der Waals surface area contributed by atoms with Gasteiger partial charge in [-0.05, 0) is 17.7 Å². The topological polar surface area (TPSA) is 57.7 Å². The summed E-state index contributed by atoms with van der Waals surface area (Å²) in [5.74, 6) is 0. The van der Waals surface area contributed by atoms with E-state index >= 15 is 0 Å². The molecule has 1 N–H and O–H groups in total. The minimum Gasteiger partial charge on any atom is -0.375 e. The Bertz CT molecular complexity index is 658. The maximum absolute atomic E-state index is 12.4. The number of urea groups is 1. The van der Waals surface area contributed by atoms with Gasteiger partial charge in [0, 0.05) is 57.9 Å². The number of anilines is 1. The van der Waals surface area contributed by atoms with E-state index in [2.05, 4.69) is 15.2 Å². The quantitative estimate of drug-likeness (QED) is 0.907. The summed E-state index contributed by atoms with van der Waals surface area (Å²) in [6.07, 6.45) is 3.45. The van der Waals surface area contributed by atoms with Crippen molar-refractivity contribution in [1.29, 1.82) is 0 Å². The third-order valence-electron chi connectivity index (χ3n) is 4.49. The fraction of sp³-hybridized carbons (Fsp3) is 0.368. The monoisotopic (exact) mass is 340 g/mol. The number of benzene rings is 1. The molecule has 6 nitrogen and oxygen atoms in total. The fourth-order valence-corrected chi connectivity index (χ4v) is 3.02. The second-order valence-electron chi connectivity index (χ2n) is 6.00. The van der Waals surface area contributed by atoms with Gasteiger partial charge in [0.05, 0.1) is 6.10 Å². The average Bonchev–Trinajstić information content (AvgIpc) is 2.70. The largest absolute Gasteiger partial charge is 0.375 e. The van der Waals surface area contributed by atoms with Crippen molar-refractivity contribution >= 4 is 11.7 Å². The Labute approximate surface area is 148 Å². The van der Waals surface area contributed by atoms with Gasteiger partial charge in [0.1, 0.15) is 0 Å². The van der Waals surface area contributed by atoms with Crippen LogP contribution in [0, 0.1) is 0 Å². The van der Waals surface area contributed by atoms with Crippen molar-refractivity contribution in [3.63, 3.8) is 0 Å². The molecule has 0 spiro atoms. The van der Waals surface area contributed by atoms with Crippen LogP contribution in [0.1, 0.15) is 11.7 Å². The van der Waals surface area contributed by atoms with E-state index in [9.17, 15) is 4.79 Å². The van der Waals surface area contributed by atoms with Gasteiger partial charge >= 0.3 is 6.03 Å². The summed E-state index contributed by atoms with van der Waals surface area (Å²) in [6.45, 7) is 3.52. The highest BCUT2D eigenvalue weighted by Gasteiger charge is 2.22. The van der Waals surface area contributed by atoms with Crippen LogP contribution in [0.25, 0.3) is 0 Å². The highest BCUT2D eigenvalue weighted by atomic mass is 16.5. The maximum atomic E-state index is 12.4. The van der Waals surface area contributed by atoms with Crippen LogP contribution in [0.5, 0.6) is 0 Å². The molecule has 1 aromatic carbocycles. The van der Waals surface area contributed by atoms with Crippen LogP contribution in [0.2, 0.25) is 0 Å². The van der Waals surface area contributed by atoms with Crippen molar-refractivity contribution in [3.05, 3.63) is 60.4 Å². The molecule has 1 unspecified atom stereocenters. The van der Waals surface area contributed by atoms with Crippen LogP contribution >= 0.6 is 0 Å². The molecule has 3 rings (SSSR count). The molecule has 1 fully saturated rings. The van der Waals surface area contributed by atoms with Gasteiger partial charge in [0.25, 0.3) is 0 Å². The third-order valence-corrected chi connectivity index (χ3v) is 4.49. The van der Waals surface area contributed by atoms with Crippen molar-refractivity contribution in [2.45, 2.75) is 6.10 Å². The van der Waals surface area contributed by atoms with Crippen molar-refractivity contribution in [1.82, 2.24) is 15.2 Å². The van der Waals surface area contributed by atoms with E-state index in [-0.39, 0.29) is 12.1 Å². The van der Waals surface area contributed by atoms with Crippen LogP contribution in [0.15, 0.2) is 54.9 Å². The first-order valence-electron chi connectivity index (χ1n) is 8.53. The lowest BCUT2D eigenvalue weighted by Gasteiger charge is -2.36. The molecular formula is C19H24N4O2. The number of hydrogen-bond acceptors (Lipinski definition) is 4. The number of nitrogens with one attached hydrogen (secondary N) is 1. The average molecular weight is 340 g/mol. The standard InChI is InChI=1S/C19H24N4O2/c1-25-18(16-5-3-2-4-6-16)15-21-19(24)23-13-11-22(12-14-23)17-7-9-20-10-8-17/h2-10,18H,11-15H2,1H3,(H,21,24). The Morgan fingerprint density at radius 1 is 1.12 bits per heavy atom. The zero-order valence-electron chi connectivity index (χ0n) is 14.5. The fourth-order valence-electron chi connectivity index (χ4n) is 3.02. The zero-order chi connectivity index (χ0) is 17.5. The van der Waals surface area contributed by atoms with E-state index in [0.29, 0.717) is 19.6 Å². The molecule has 6 heteroatoms. The van der Waals surface area contributed by atoms with Crippen molar-refractivity contribution < 1.29 is 9.53 Å². The Kier molecular flexibility index (Phi) is 5.85. The highest BCUT2D eigenvalue weighted by molar-refractivity contribution is 5.74. The lowest BCUT2D eigenvalue weighted by Crippen LogP contribution is -2.52. The molecule has 2 heterocycles. The van der Waals surface area contributed by atoms with Gasteiger partial charge < -0.3 is 19.9 Å². The van der Waals surface area contributed by atoms with Crippen molar-refractivity contribution in [3.8, 4) is 0 Å². The molecule has 0 radical (unpaired) electrons. The summed E-state index contributed by atoms with van der Waals surface area (Å²) in [6, 6.07) is 13.9. The first-order valence-corrected chi connectivity index (χ1v) is 8.53. The molecule has 1 saturated heterocycles. The molecule has 2 aromatic rings. The number of piperazine rings is 1. The van der Waals surface area contributed by atoms with Gasteiger partial charge in [-0.15, -0.1) is 0 Å². The number of nitrogens with zero attached hydrogens (tertiary/aromatic N) is 3. The van der Waals surface area contributed by atoms with Gasteiger partial charge in [-0.1, -0.05) is 30.3 Å². The van der Waals surface area contributed by atoms with Gasteiger partial charge in [0.15, 0.2) is 0 Å². The summed E-state index contributed by atoms with van der Waals surface area (Å²) in [4.78, 5) is 20.6. The summed E-state index contributed by atoms with van der Waals surface area (Å²) in [5.41, 5.74) is 2.21. The van der Waals surface area contributed by atoms with E-state index < -0.39 is 0 Å². The van der Waals surface area contributed by atoms with Crippen LogP contribution < -0.4 is 10.2 Å². The number of carbonyl (C=O) groups is 1. The number of ether oxygens (including phenoxy) is 1. The summed E-state index contributed by atoms with van der Waals surface area (Å²) in [7, 11) is 1.66. The molecule has 2 amide bonds. The number of methoxy groups -OCH3 is 1. The minimum absolute atomic E-state index is 0.0349. The number of hydrogen-bond donors (Lipinski definition) is 1. The lowest BCUT2D eigenvalue weighted by molar-refractivity contribution is 0.101. The molecule has 0 aliphatic carbocycles. The Morgan fingerprint density at radius 3 is 2.44 bits per heavy atom. The molecule has 1 aliphatic heterocycles. The highest BCUT2D eigenvalue weighted by Crippen LogP contribution is 2.16. The van der Waals surface area contributed by atoms with E-state index in [1.54, 1.807) is 19.5 Å². The Hall–Kier alpha value is -2.60. The van der Waals surface area contributed by atoms with Gasteiger partial charge in [-0.3, -0.25) is 4.98 Å². The van der Waals surface area contributed by atoms with Crippen molar-refractivity contribution in [2.75, 3.05) is 44.7 Å². The van der Waals surface area contributed by atoms with Crippen LogP contribution in [-0.2, 0) is 4.74 Å². The van der Waals surface area contributed by atoms with E-state index in [1.807, 2.05) is 47.4 Å². The summed E-state index contributed by atoms with van der Waals surface area (Å²) >= 11 is 0. The number of aromatic nitrogens is 1. The molecule has 0 bridgehead atoms. The minimum atomic E-state index is -0.136. The Morgan fingerprint density at radius 2 is 1.80 bits per heavy atom. The smallest absolute Gasteiger partial charge is 0.317 e. The summed E-state index contributed by atoms with van der Waals surface area (Å²) in [5, 5.41) is 2.99. The molecular weight excluding hydrogens is 316 g/mol. The van der Waals surface area contributed by atoms with E-state index in [0.717, 1.165) is 24.3 Å². The second-order valence-corrected chi connectivity index (χ2v) is 6.00. The van der Waals surface area contributed by atoms with Crippen LogP contribution in [0.3, 0.4) is 0 Å². The van der Waals surface area contributed by atoms with E-state index in [4.69, 9.17) is 4.74 Å². The number of amides is 2. The Balaban J connectivity index is 1.48. The first-order chi connectivity index (χ1) is 12.3. The SMILES string of the molecule is COC(CNC(=O)N1CCN(c2ccncc2)CC1)c1ccccc1. The molecule has 132 valence electrons. The van der Waals surface area contributed by atoms with Gasteiger partial charge in [0.2, 0.25) is 0 Å². The van der Waals surface area contributed by atoms with Crippen LogP contribution in [-0.4, -0.2) is 55.7 Å². The van der Waals surface area contributed by atoms with Crippen LogP contribution in [0.4, 0.5) is 10.5 Å². The number of carbonyl (C=O) groups excluding carboxylic acids is 1. The number of rotatable bonds is 5. The lowest BCUT2D eigenvalue weighted by atomic mass is 10.1. The zero-order valence-corrected chi connectivity index (χ0v) is 14.5. The normalized spacial score (nSPS) is 15.7. The number of pyridine rings is 1. The molecule has 1 aromatic heterocycles. The molecule has 0 saturated carbocycles. The summed E-state index contributed by atoms with van der Waals surface area (Å²) < 4.78 is 5.50. The first kappa shape index (κ1) is 17.2. The predicted octanol–water partition coefficient (Wildman–Crippen LogP) is 2.30. The van der Waals surface area contributed by atoms with Gasteiger partial charge in [-0.25, -0.2) is 4.79 Å². The predicted molar refractivity (Wildman–Crippen MR) is 97.6 cm³/mol.